The molecule has 1 aromatic heterocycles. The molecule has 7 heteroatoms. The maximum Gasteiger partial charge on any atom is 0.225 e. The SMILES string of the molecule is Cc1cc(Br)c2[nH]nc(NC(=O)CCC3CCCC(=O)N3)c2c1. The molecule has 2 amide bonds. The van der Waals surface area contributed by atoms with Crippen LogP contribution in [0.2, 0.25) is 0 Å². The molecule has 1 atom stereocenters. The number of H-pyrrole nitrogens is 1. The Balaban J connectivity index is 1.63. The highest BCUT2D eigenvalue weighted by atomic mass is 79.9. The number of rotatable bonds is 4. The van der Waals surface area contributed by atoms with E-state index in [1.54, 1.807) is 0 Å². The van der Waals surface area contributed by atoms with Gasteiger partial charge in [0.15, 0.2) is 5.82 Å². The Hall–Kier alpha value is -1.89. The second-order valence-corrected chi connectivity index (χ2v) is 6.84. The summed E-state index contributed by atoms with van der Waals surface area (Å²) in [5.74, 6) is 0.540. The molecule has 1 aliphatic rings. The second kappa shape index (κ2) is 6.70. The number of hydrogen-bond donors (Lipinski definition) is 3. The van der Waals surface area contributed by atoms with Crippen molar-refractivity contribution < 1.29 is 9.59 Å². The highest BCUT2D eigenvalue weighted by Crippen LogP contribution is 2.28. The van der Waals surface area contributed by atoms with Crippen molar-refractivity contribution >= 4 is 44.5 Å². The van der Waals surface area contributed by atoms with Crippen LogP contribution >= 0.6 is 15.9 Å². The normalized spacial score (nSPS) is 18.0. The van der Waals surface area contributed by atoms with E-state index in [0.717, 1.165) is 33.8 Å². The third kappa shape index (κ3) is 3.72. The molecule has 3 rings (SSSR count). The van der Waals surface area contributed by atoms with Crippen LogP contribution in [0.1, 0.15) is 37.7 Å². The van der Waals surface area contributed by atoms with Crippen LogP contribution in [0.4, 0.5) is 5.82 Å². The molecule has 122 valence electrons. The summed E-state index contributed by atoms with van der Waals surface area (Å²) in [7, 11) is 0. The Morgan fingerprint density at radius 3 is 3.09 bits per heavy atom. The van der Waals surface area contributed by atoms with Gasteiger partial charge in [-0.1, -0.05) is 0 Å². The molecule has 1 fully saturated rings. The van der Waals surface area contributed by atoms with Gasteiger partial charge in [0.05, 0.1) is 5.52 Å². The molecule has 3 N–H and O–H groups in total. The van der Waals surface area contributed by atoms with Gasteiger partial charge in [-0.15, -0.1) is 0 Å². The van der Waals surface area contributed by atoms with Crippen molar-refractivity contribution in [3.8, 4) is 0 Å². The predicted molar refractivity (Wildman–Crippen MR) is 92.2 cm³/mol. The Bertz CT molecular complexity index is 756. The minimum atomic E-state index is -0.0872. The fourth-order valence-corrected chi connectivity index (χ4v) is 3.57. The van der Waals surface area contributed by atoms with E-state index in [4.69, 9.17) is 0 Å². The maximum atomic E-state index is 12.2. The lowest BCUT2D eigenvalue weighted by Crippen LogP contribution is -2.39. The summed E-state index contributed by atoms with van der Waals surface area (Å²) in [6.45, 7) is 1.99. The second-order valence-electron chi connectivity index (χ2n) is 5.99. The van der Waals surface area contributed by atoms with Crippen LogP contribution in [0.15, 0.2) is 16.6 Å². The summed E-state index contributed by atoms with van der Waals surface area (Å²) in [5, 5.41) is 13.8. The molecule has 1 aliphatic heterocycles. The van der Waals surface area contributed by atoms with Crippen LogP contribution in [0.25, 0.3) is 10.9 Å². The first kappa shape index (κ1) is 16.0. The number of amides is 2. The molecule has 0 bridgehead atoms. The molecule has 1 unspecified atom stereocenters. The van der Waals surface area contributed by atoms with Crippen LogP contribution in [0.3, 0.4) is 0 Å². The molecule has 0 radical (unpaired) electrons. The molecule has 1 aromatic carbocycles. The van der Waals surface area contributed by atoms with Gasteiger partial charge < -0.3 is 10.6 Å². The van der Waals surface area contributed by atoms with Gasteiger partial charge in [0.2, 0.25) is 11.8 Å². The fraction of sp³-hybridized carbons (Fsp3) is 0.438. The van der Waals surface area contributed by atoms with Crippen molar-refractivity contribution in [3.05, 3.63) is 22.2 Å². The first-order valence-electron chi connectivity index (χ1n) is 7.76. The number of benzene rings is 1. The number of aryl methyl sites for hydroxylation is 1. The van der Waals surface area contributed by atoms with Crippen molar-refractivity contribution in [1.82, 2.24) is 15.5 Å². The van der Waals surface area contributed by atoms with Crippen LogP contribution in [0, 0.1) is 6.92 Å². The van der Waals surface area contributed by atoms with Gasteiger partial charge in [0, 0.05) is 28.7 Å². The highest BCUT2D eigenvalue weighted by Gasteiger charge is 2.19. The average molecular weight is 379 g/mol. The highest BCUT2D eigenvalue weighted by molar-refractivity contribution is 9.10. The van der Waals surface area contributed by atoms with Crippen molar-refractivity contribution in [2.45, 2.75) is 45.1 Å². The van der Waals surface area contributed by atoms with Gasteiger partial charge in [0.1, 0.15) is 0 Å². The summed E-state index contributed by atoms with van der Waals surface area (Å²) < 4.78 is 0.922. The van der Waals surface area contributed by atoms with E-state index in [9.17, 15) is 9.59 Å². The lowest BCUT2D eigenvalue weighted by atomic mass is 10.00. The van der Waals surface area contributed by atoms with E-state index >= 15 is 0 Å². The number of carbonyl (C=O) groups excluding carboxylic acids is 2. The maximum absolute atomic E-state index is 12.2. The number of aromatic nitrogens is 2. The van der Waals surface area contributed by atoms with Gasteiger partial charge in [-0.05, 0) is 59.8 Å². The number of nitrogens with one attached hydrogen (secondary N) is 3. The van der Waals surface area contributed by atoms with Crippen molar-refractivity contribution in [2.75, 3.05) is 5.32 Å². The quantitative estimate of drug-likeness (QED) is 0.763. The summed E-state index contributed by atoms with van der Waals surface area (Å²) in [6.07, 6.45) is 3.46. The van der Waals surface area contributed by atoms with E-state index in [2.05, 4.69) is 36.8 Å². The summed E-state index contributed by atoms with van der Waals surface area (Å²) in [4.78, 5) is 23.5. The monoisotopic (exact) mass is 378 g/mol. The van der Waals surface area contributed by atoms with Crippen LogP contribution in [0.5, 0.6) is 0 Å². The molecule has 23 heavy (non-hydrogen) atoms. The summed E-state index contributed by atoms with van der Waals surface area (Å²) in [5.41, 5.74) is 1.96. The minimum Gasteiger partial charge on any atom is -0.353 e. The number of nitrogens with zero attached hydrogens (tertiary/aromatic N) is 1. The molecule has 0 aliphatic carbocycles. The average Bonchev–Trinajstić information content (AvgIpc) is 2.88. The smallest absolute Gasteiger partial charge is 0.225 e. The van der Waals surface area contributed by atoms with Gasteiger partial charge in [-0.25, -0.2) is 0 Å². The number of halogens is 1. The first-order chi connectivity index (χ1) is 11.0. The predicted octanol–water partition coefficient (Wildman–Crippen LogP) is 3.02. The summed E-state index contributed by atoms with van der Waals surface area (Å²) in [6, 6.07) is 4.09. The van der Waals surface area contributed by atoms with E-state index in [-0.39, 0.29) is 17.9 Å². The molecular formula is C16H19BrN4O2. The van der Waals surface area contributed by atoms with Crippen LogP contribution < -0.4 is 10.6 Å². The van der Waals surface area contributed by atoms with Gasteiger partial charge in [-0.2, -0.15) is 5.10 Å². The van der Waals surface area contributed by atoms with Crippen molar-refractivity contribution in [3.63, 3.8) is 0 Å². The van der Waals surface area contributed by atoms with E-state index in [0.29, 0.717) is 25.1 Å². The molecule has 0 saturated carbocycles. The molecule has 0 spiro atoms. The Morgan fingerprint density at radius 2 is 2.30 bits per heavy atom. The van der Waals surface area contributed by atoms with Gasteiger partial charge >= 0.3 is 0 Å². The van der Waals surface area contributed by atoms with E-state index in [1.165, 1.54) is 0 Å². The number of aromatic amines is 1. The van der Waals surface area contributed by atoms with Crippen LogP contribution in [-0.2, 0) is 9.59 Å². The van der Waals surface area contributed by atoms with E-state index < -0.39 is 0 Å². The third-order valence-corrected chi connectivity index (χ3v) is 4.69. The zero-order valence-electron chi connectivity index (χ0n) is 12.9. The summed E-state index contributed by atoms with van der Waals surface area (Å²) >= 11 is 3.49. The van der Waals surface area contributed by atoms with E-state index in [1.807, 2.05) is 19.1 Å². The molecular weight excluding hydrogens is 360 g/mol. The van der Waals surface area contributed by atoms with Gasteiger partial charge in [0.25, 0.3) is 0 Å². The molecule has 6 nitrogen and oxygen atoms in total. The third-order valence-electron chi connectivity index (χ3n) is 4.07. The fourth-order valence-electron chi connectivity index (χ4n) is 2.91. The topological polar surface area (TPSA) is 86.9 Å². The number of anilines is 1. The van der Waals surface area contributed by atoms with Crippen molar-refractivity contribution in [2.24, 2.45) is 0 Å². The zero-order chi connectivity index (χ0) is 16.4. The number of fused-ring (bicyclic) bond motifs is 1. The lowest BCUT2D eigenvalue weighted by Gasteiger charge is -2.22. The number of hydrogen-bond acceptors (Lipinski definition) is 3. The first-order valence-corrected chi connectivity index (χ1v) is 8.55. The number of carbonyl (C=O) groups is 2. The molecule has 2 aromatic rings. The minimum absolute atomic E-state index is 0.0836. The van der Waals surface area contributed by atoms with Gasteiger partial charge in [-0.3, -0.25) is 14.7 Å². The van der Waals surface area contributed by atoms with Crippen LogP contribution in [-0.4, -0.2) is 28.1 Å². The van der Waals surface area contributed by atoms with Crippen molar-refractivity contribution in [1.29, 1.82) is 0 Å². The Kier molecular flexibility index (Phi) is 4.66. The zero-order valence-corrected chi connectivity index (χ0v) is 14.5. The standard InChI is InChI=1S/C16H19BrN4O2/c1-9-7-11-15(12(17)8-9)20-21-16(11)19-14(23)6-5-10-3-2-4-13(22)18-10/h7-8,10H,2-6H2,1H3,(H,18,22)(H2,19,20,21,23). The Morgan fingerprint density at radius 1 is 1.48 bits per heavy atom. The molecule has 2 heterocycles. The Labute approximate surface area is 142 Å². The molecule has 1 saturated heterocycles. The largest absolute Gasteiger partial charge is 0.353 e. The lowest BCUT2D eigenvalue weighted by molar-refractivity contribution is -0.124. The number of piperidine rings is 1.